The van der Waals surface area contributed by atoms with E-state index in [0.29, 0.717) is 27.4 Å². The predicted molar refractivity (Wildman–Crippen MR) is 138 cm³/mol. The maximum absolute atomic E-state index is 13.6. The summed E-state index contributed by atoms with van der Waals surface area (Å²) in [5.41, 5.74) is -0.727. The molecule has 12 heteroatoms. The Morgan fingerprint density at radius 1 is 1.05 bits per heavy atom. The number of benzene rings is 2. The number of hydrogen-bond acceptors (Lipinski definition) is 4. The molecule has 0 aromatic heterocycles. The van der Waals surface area contributed by atoms with Gasteiger partial charge < -0.3 is 10.2 Å². The Morgan fingerprint density at radius 2 is 1.68 bits per heavy atom. The normalized spacial score (nSPS) is 13.5. The highest BCUT2D eigenvalue weighted by Gasteiger charge is 2.34. The van der Waals surface area contributed by atoms with Gasteiger partial charge in [-0.15, -0.1) is 0 Å². The molecule has 204 valence electrons. The molecule has 0 fully saturated rings. The molecule has 0 saturated carbocycles. The van der Waals surface area contributed by atoms with Crippen LogP contribution in [0.15, 0.2) is 48.5 Å². The fourth-order valence-corrected chi connectivity index (χ4v) is 4.57. The van der Waals surface area contributed by atoms with Gasteiger partial charge >= 0.3 is 6.18 Å². The standard InChI is InChI=1S/C25H31ClF3N3O4S/c1-5-17(3)30-24(34)22(6-2)31(15-18-10-12-20(26)13-11-18)23(33)16-32(37(4,35)36)21-9-7-8-19(14-21)25(27,28)29/h7-14,17,22H,5-6,15-16H2,1-4H3,(H,30,34)/t17-,22-/m0/s1. The lowest BCUT2D eigenvalue weighted by molar-refractivity contribution is -0.140. The van der Waals surface area contributed by atoms with Crippen molar-refractivity contribution >= 4 is 39.1 Å². The second-order valence-corrected chi connectivity index (χ2v) is 11.1. The minimum absolute atomic E-state index is 0.0391. The Balaban J connectivity index is 2.48. The molecule has 1 N–H and O–H groups in total. The number of carbonyl (C=O) groups is 2. The maximum atomic E-state index is 13.6. The number of carbonyl (C=O) groups excluding carboxylic acids is 2. The molecule has 0 radical (unpaired) electrons. The first-order valence-electron chi connectivity index (χ1n) is 11.7. The first-order chi connectivity index (χ1) is 17.2. The number of hydrogen-bond donors (Lipinski definition) is 1. The molecule has 37 heavy (non-hydrogen) atoms. The summed E-state index contributed by atoms with van der Waals surface area (Å²) in [6.07, 6.45) is -3.02. The van der Waals surface area contributed by atoms with E-state index in [1.54, 1.807) is 31.2 Å². The number of nitrogens with zero attached hydrogens (tertiary/aromatic N) is 2. The van der Waals surface area contributed by atoms with Crippen molar-refractivity contribution in [1.82, 2.24) is 10.2 Å². The second-order valence-electron chi connectivity index (χ2n) is 8.71. The van der Waals surface area contributed by atoms with Gasteiger partial charge in [-0.3, -0.25) is 13.9 Å². The van der Waals surface area contributed by atoms with Crippen molar-refractivity contribution < 1.29 is 31.2 Å². The van der Waals surface area contributed by atoms with Crippen LogP contribution in [0.5, 0.6) is 0 Å². The molecule has 0 aliphatic rings. The number of sulfonamides is 1. The van der Waals surface area contributed by atoms with Crippen molar-refractivity contribution in [3.8, 4) is 0 Å². The van der Waals surface area contributed by atoms with Crippen LogP contribution in [0.4, 0.5) is 18.9 Å². The quantitative estimate of drug-likeness (QED) is 0.425. The van der Waals surface area contributed by atoms with Gasteiger partial charge in [0.25, 0.3) is 0 Å². The number of amides is 2. The Morgan fingerprint density at radius 3 is 2.19 bits per heavy atom. The summed E-state index contributed by atoms with van der Waals surface area (Å²) >= 11 is 5.96. The molecule has 0 spiro atoms. The van der Waals surface area contributed by atoms with Crippen LogP contribution < -0.4 is 9.62 Å². The summed E-state index contributed by atoms with van der Waals surface area (Å²) in [4.78, 5) is 27.9. The largest absolute Gasteiger partial charge is 0.416 e. The van der Waals surface area contributed by atoms with Crippen LogP contribution in [0.2, 0.25) is 5.02 Å². The van der Waals surface area contributed by atoms with Gasteiger partial charge in [0.15, 0.2) is 0 Å². The highest BCUT2D eigenvalue weighted by atomic mass is 35.5. The Labute approximate surface area is 220 Å². The molecule has 2 aromatic carbocycles. The first-order valence-corrected chi connectivity index (χ1v) is 13.9. The molecule has 2 atom stereocenters. The molecular weight excluding hydrogens is 531 g/mol. The molecule has 0 bridgehead atoms. The lowest BCUT2D eigenvalue weighted by atomic mass is 10.1. The van der Waals surface area contributed by atoms with Gasteiger partial charge in [0, 0.05) is 17.6 Å². The van der Waals surface area contributed by atoms with Crippen molar-refractivity contribution in [3.63, 3.8) is 0 Å². The van der Waals surface area contributed by atoms with E-state index in [1.807, 2.05) is 13.8 Å². The molecule has 2 aromatic rings. The Kier molecular flexibility index (Phi) is 10.4. The van der Waals surface area contributed by atoms with Crippen molar-refractivity contribution in [2.75, 3.05) is 17.1 Å². The van der Waals surface area contributed by atoms with Crippen LogP contribution >= 0.6 is 11.6 Å². The van der Waals surface area contributed by atoms with E-state index in [-0.39, 0.29) is 24.7 Å². The maximum Gasteiger partial charge on any atom is 0.416 e. The molecule has 0 aliphatic carbocycles. The molecule has 0 aliphatic heterocycles. The Hall–Kier alpha value is -2.79. The van der Waals surface area contributed by atoms with E-state index in [0.717, 1.165) is 18.4 Å². The second kappa shape index (κ2) is 12.6. The third kappa shape index (κ3) is 8.63. The van der Waals surface area contributed by atoms with Crippen LogP contribution in [0.3, 0.4) is 0 Å². The van der Waals surface area contributed by atoms with E-state index in [2.05, 4.69) is 5.32 Å². The average molecular weight is 562 g/mol. The highest BCUT2D eigenvalue weighted by Crippen LogP contribution is 2.32. The van der Waals surface area contributed by atoms with Gasteiger partial charge in [0.2, 0.25) is 21.8 Å². The minimum Gasteiger partial charge on any atom is -0.352 e. The van der Waals surface area contributed by atoms with Gasteiger partial charge in [0.05, 0.1) is 17.5 Å². The molecular formula is C25H31ClF3N3O4S. The zero-order valence-corrected chi connectivity index (χ0v) is 22.6. The lowest BCUT2D eigenvalue weighted by Gasteiger charge is -2.33. The number of rotatable bonds is 11. The highest BCUT2D eigenvalue weighted by molar-refractivity contribution is 7.92. The average Bonchev–Trinajstić information content (AvgIpc) is 2.82. The molecule has 0 heterocycles. The summed E-state index contributed by atoms with van der Waals surface area (Å²) < 4.78 is 65.6. The van der Waals surface area contributed by atoms with Gasteiger partial charge in [-0.2, -0.15) is 13.2 Å². The topological polar surface area (TPSA) is 86.8 Å². The molecule has 2 rings (SSSR count). The van der Waals surface area contributed by atoms with Gasteiger partial charge in [-0.1, -0.05) is 43.6 Å². The van der Waals surface area contributed by atoms with Crippen molar-refractivity contribution in [2.45, 2.75) is 58.4 Å². The van der Waals surface area contributed by atoms with E-state index in [1.165, 1.54) is 11.0 Å². The van der Waals surface area contributed by atoms with Crippen molar-refractivity contribution in [2.24, 2.45) is 0 Å². The van der Waals surface area contributed by atoms with Crippen LogP contribution in [-0.4, -0.2) is 50.0 Å². The number of alkyl halides is 3. The van der Waals surface area contributed by atoms with Crippen molar-refractivity contribution in [1.29, 1.82) is 0 Å². The van der Waals surface area contributed by atoms with Gasteiger partial charge in [0.1, 0.15) is 12.6 Å². The first kappa shape index (κ1) is 30.4. The molecule has 0 saturated heterocycles. The summed E-state index contributed by atoms with van der Waals surface area (Å²) in [6, 6.07) is 9.20. The monoisotopic (exact) mass is 561 g/mol. The van der Waals surface area contributed by atoms with Crippen LogP contribution in [0.25, 0.3) is 0 Å². The summed E-state index contributed by atoms with van der Waals surface area (Å²) in [7, 11) is -4.16. The third-order valence-electron chi connectivity index (χ3n) is 5.79. The van der Waals surface area contributed by atoms with Gasteiger partial charge in [-0.25, -0.2) is 8.42 Å². The fraction of sp³-hybridized carbons (Fsp3) is 0.440. The van der Waals surface area contributed by atoms with Gasteiger partial charge in [-0.05, 0) is 55.7 Å². The minimum atomic E-state index is -4.70. The number of halogens is 4. The molecule has 7 nitrogen and oxygen atoms in total. The van der Waals surface area contributed by atoms with E-state index in [9.17, 15) is 31.2 Å². The molecule has 0 unspecified atom stereocenters. The number of anilines is 1. The van der Waals surface area contributed by atoms with E-state index in [4.69, 9.17) is 11.6 Å². The van der Waals surface area contributed by atoms with Crippen LogP contribution in [0.1, 0.15) is 44.7 Å². The Bertz CT molecular complexity index is 1190. The summed E-state index contributed by atoms with van der Waals surface area (Å²) in [5, 5.41) is 3.31. The summed E-state index contributed by atoms with van der Waals surface area (Å²) in [6.45, 7) is 4.59. The van der Waals surface area contributed by atoms with Crippen LogP contribution in [-0.2, 0) is 32.3 Å². The lowest BCUT2D eigenvalue weighted by Crippen LogP contribution is -2.53. The van der Waals surface area contributed by atoms with E-state index >= 15 is 0 Å². The number of nitrogens with one attached hydrogen (secondary N) is 1. The zero-order chi connectivity index (χ0) is 28.0. The van der Waals surface area contributed by atoms with E-state index < -0.39 is 46.2 Å². The van der Waals surface area contributed by atoms with Crippen LogP contribution in [0, 0.1) is 0 Å². The summed E-state index contributed by atoms with van der Waals surface area (Å²) in [5.74, 6) is -1.16. The fourth-order valence-electron chi connectivity index (χ4n) is 3.60. The SMILES string of the molecule is CC[C@H](C)NC(=O)[C@H](CC)N(Cc1ccc(Cl)cc1)C(=O)CN(c1cccc(C(F)(F)F)c1)S(C)(=O)=O. The zero-order valence-electron chi connectivity index (χ0n) is 21.0. The smallest absolute Gasteiger partial charge is 0.352 e. The van der Waals surface area contributed by atoms with Crippen molar-refractivity contribution in [3.05, 3.63) is 64.7 Å². The third-order valence-corrected chi connectivity index (χ3v) is 7.19. The molecule has 2 amide bonds. The predicted octanol–water partition coefficient (Wildman–Crippen LogP) is 4.85.